The van der Waals surface area contributed by atoms with Crippen molar-refractivity contribution >= 4 is 23.5 Å². The van der Waals surface area contributed by atoms with Crippen molar-refractivity contribution in [1.29, 1.82) is 0 Å². The summed E-state index contributed by atoms with van der Waals surface area (Å²) in [4.78, 5) is 40.7. The number of amides is 2. The van der Waals surface area contributed by atoms with Crippen LogP contribution in [0.5, 0.6) is 0 Å². The summed E-state index contributed by atoms with van der Waals surface area (Å²) in [5.41, 5.74) is -7.27. The van der Waals surface area contributed by atoms with E-state index in [0.29, 0.717) is 31.9 Å². The Morgan fingerprint density at radius 1 is 0.911 bits per heavy atom. The van der Waals surface area contributed by atoms with Crippen LogP contribution >= 0.6 is 0 Å². The monoisotopic (exact) mass is 652 g/mol. The van der Waals surface area contributed by atoms with E-state index in [4.69, 9.17) is 4.74 Å². The van der Waals surface area contributed by atoms with Gasteiger partial charge in [0.25, 0.3) is 0 Å². The lowest BCUT2D eigenvalue weighted by atomic mass is 9.88. The SMILES string of the molecule is CC(=O)c1c(C(F)(F)F)cc(CN(C(=O)C2CC2)C2CC(C)N(C(=O)OC(C)C)c3ccc(C(F)(F)F)cc32)cc1C(F)(F)F. The van der Waals surface area contributed by atoms with Gasteiger partial charge in [-0.15, -0.1) is 0 Å². The number of ether oxygens (including phenoxy) is 1. The second kappa shape index (κ2) is 11.9. The Morgan fingerprint density at radius 2 is 1.47 bits per heavy atom. The van der Waals surface area contributed by atoms with Crippen LogP contribution in [0.2, 0.25) is 0 Å². The number of anilines is 1. The first-order chi connectivity index (χ1) is 20.6. The molecule has 0 aromatic heterocycles. The maximum atomic E-state index is 14.0. The Morgan fingerprint density at radius 3 is 1.91 bits per heavy atom. The molecule has 1 aliphatic carbocycles. The van der Waals surface area contributed by atoms with Gasteiger partial charge in [0.15, 0.2) is 5.78 Å². The van der Waals surface area contributed by atoms with Gasteiger partial charge in [0.1, 0.15) is 0 Å². The zero-order valence-corrected chi connectivity index (χ0v) is 24.5. The Balaban J connectivity index is 1.92. The van der Waals surface area contributed by atoms with Gasteiger partial charge in [0.05, 0.1) is 34.5 Å². The van der Waals surface area contributed by atoms with E-state index in [0.717, 1.165) is 28.0 Å². The summed E-state index contributed by atoms with van der Waals surface area (Å²) in [5, 5.41) is 0. The topological polar surface area (TPSA) is 66.9 Å². The molecule has 0 N–H and O–H groups in total. The van der Waals surface area contributed by atoms with Gasteiger partial charge in [0.2, 0.25) is 5.91 Å². The normalized spacial score (nSPS) is 18.9. The highest BCUT2D eigenvalue weighted by atomic mass is 19.4. The molecule has 1 saturated carbocycles. The van der Waals surface area contributed by atoms with E-state index in [9.17, 15) is 53.9 Å². The van der Waals surface area contributed by atoms with Crippen molar-refractivity contribution in [3.05, 3.63) is 63.7 Å². The summed E-state index contributed by atoms with van der Waals surface area (Å²) in [5.74, 6) is -2.79. The van der Waals surface area contributed by atoms with Gasteiger partial charge in [0, 0.05) is 24.1 Å². The van der Waals surface area contributed by atoms with Crippen LogP contribution in [0.15, 0.2) is 30.3 Å². The summed E-state index contributed by atoms with van der Waals surface area (Å²) in [6, 6.07) is 1.09. The lowest BCUT2D eigenvalue weighted by Crippen LogP contribution is -2.48. The number of fused-ring (bicyclic) bond motifs is 1. The minimum absolute atomic E-state index is 0.0510. The number of alkyl halides is 9. The molecule has 1 heterocycles. The molecule has 6 nitrogen and oxygen atoms in total. The summed E-state index contributed by atoms with van der Waals surface area (Å²) in [6.07, 6.45) is -16.6. The van der Waals surface area contributed by atoms with E-state index in [2.05, 4.69) is 0 Å². The van der Waals surface area contributed by atoms with E-state index in [1.54, 1.807) is 13.8 Å². The van der Waals surface area contributed by atoms with Gasteiger partial charge in [-0.2, -0.15) is 39.5 Å². The number of benzene rings is 2. The quantitative estimate of drug-likeness (QED) is 0.232. The van der Waals surface area contributed by atoms with Crippen LogP contribution in [0.4, 0.5) is 50.0 Å². The predicted molar refractivity (Wildman–Crippen MR) is 142 cm³/mol. The van der Waals surface area contributed by atoms with E-state index in [1.807, 2.05) is 0 Å². The van der Waals surface area contributed by atoms with Crippen molar-refractivity contribution in [3.63, 3.8) is 0 Å². The molecule has 2 amide bonds. The molecule has 2 unspecified atom stereocenters. The highest BCUT2D eigenvalue weighted by Crippen LogP contribution is 2.47. The molecule has 0 bridgehead atoms. The van der Waals surface area contributed by atoms with Gasteiger partial charge in [-0.25, -0.2) is 4.79 Å². The predicted octanol–water partition coefficient (Wildman–Crippen LogP) is 8.57. The van der Waals surface area contributed by atoms with Crippen molar-refractivity contribution < 1.29 is 58.6 Å². The van der Waals surface area contributed by atoms with Crippen LogP contribution in [-0.2, 0) is 34.6 Å². The number of hydrogen-bond acceptors (Lipinski definition) is 4. The first-order valence-corrected chi connectivity index (χ1v) is 13.9. The first kappa shape index (κ1) is 34.1. The van der Waals surface area contributed by atoms with E-state index in [-0.39, 0.29) is 17.7 Å². The van der Waals surface area contributed by atoms with Crippen LogP contribution in [0.3, 0.4) is 0 Å². The minimum atomic E-state index is -5.38. The van der Waals surface area contributed by atoms with Gasteiger partial charge < -0.3 is 9.64 Å². The summed E-state index contributed by atoms with van der Waals surface area (Å²) in [6.45, 7) is 4.36. The van der Waals surface area contributed by atoms with Crippen LogP contribution in [0.25, 0.3) is 0 Å². The minimum Gasteiger partial charge on any atom is -0.446 e. The number of nitrogens with zero attached hydrogens (tertiary/aromatic N) is 2. The average Bonchev–Trinajstić information content (AvgIpc) is 3.73. The summed E-state index contributed by atoms with van der Waals surface area (Å²) >= 11 is 0. The summed E-state index contributed by atoms with van der Waals surface area (Å²) in [7, 11) is 0. The maximum Gasteiger partial charge on any atom is 0.417 e. The molecule has 2 aromatic rings. The highest BCUT2D eigenvalue weighted by Gasteiger charge is 2.46. The molecule has 2 atom stereocenters. The van der Waals surface area contributed by atoms with Gasteiger partial charge in [-0.3, -0.25) is 14.5 Å². The largest absolute Gasteiger partial charge is 0.446 e. The molecule has 0 radical (unpaired) electrons. The zero-order valence-electron chi connectivity index (χ0n) is 24.5. The second-order valence-corrected chi connectivity index (χ2v) is 11.5. The number of Topliss-reactive ketones (excluding diaryl/α,β-unsaturated/α-hetero) is 1. The third-order valence-corrected chi connectivity index (χ3v) is 7.61. The lowest BCUT2D eigenvalue weighted by Gasteiger charge is -2.43. The molecule has 2 aromatic carbocycles. The third kappa shape index (κ3) is 7.22. The van der Waals surface area contributed by atoms with Crippen molar-refractivity contribution in [2.24, 2.45) is 5.92 Å². The molecule has 246 valence electrons. The molecule has 0 saturated heterocycles. The Hall–Kier alpha value is -3.78. The van der Waals surface area contributed by atoms with Gasteiger partial charge in [-0.1, -0.05) is 0 Å². The molecule has 0 spiro atoms. The fourth-order valence-corrected chi connectivity index (χ4v) is 5.56. The molecule has 2 aliphatic rings. The van der Waals surface area contributed by atoms with E-state index < -0.39 is 94.8 Å². The number of carbonyl (C=O) groups is 3. The highest BCUT2D eigenvalue weighted by molar-refractivity contribution is 5.97. The smallest absolute Gasteiger partial charge is 0.417 e. The fourth-order valence-electron chi connectivity index (χ4n) is 5.56. The maximum absolute atomic E-state index is 14.0. The van der Waals surface area contributed by atoms with Gasteiger partial charge in [-0.05, 0) is 88.4 Å². The Kier molecular flexibility index (Phi) is 8.99. The average molecular weight is 653 g/mol. The van der Waals surface area contributed by atoms with Crippen LogP contribution in [0, 0.1) is 5.92 Å². The van der Waals surface area contributed by atoms with Crippen molar-refractivity contribution in [2.75, 3.05) is 4.90 Å². The fraction of sp³-hybridized carbons (Fsp3) is 0.500. The number of hydrogen-bond donors (Lipinski definition) is 0. The lowest BCUT2D eigenvalue weighted by molar-refractivity contribution is -0.144. The van der Waals surface area contributed by atoms with Gasteiger partial charge >= 0.3 is 24.6 Å². The second-order valence-electron chi connectivity index (χ2n) is 11.5. The zero-order chi connectivity index (χ0) is 33.8. The molecule has 1 fully saturated rings. The Labute approximate surface area is 252 Å². The Bertz CT molecular complexity index is 1460. The van der Waals surface area contributed by atoms with Crippen LogP contribution in [0.1, 0.15) is 91.2 Å². The first-order valence-electron chi connectivity index (χ1n) is 13.9. The van der Waals surface area contributed by atoms with Crippen molar-refractivity contribution in [2.45, 2.75) is 90.2 Å². The third-order valence-electron chi connectivity index (χ3n) is 7.61. The number of halogens is 9. The molecule has 45 heavy (non-hydrogen) atoms. The van der Waals surface area contributed by atoms with Crippen LogP contribution in [-0.4, -0.2) is 34.8 Å². The van der Waals surface area contributed by atoms with E-state index in [1.165, 1.54) is 6.92 Å². The molecular formula is C30H29F9N2O4. The molecule has 15 heteroatoms. The molecule has 4 rings (SSSR count). The molecular weight excluding hydrogens is 623 g/mol. The number of rotatable bonds is 6. The summed E-state index contributed by atoms with van der Waals surface area (Å²) < 4.78 is 131. The standard InChI is InChI=1S/C30H29F9N2O4/c1-14(2)45-27(44)41-15(3)9-24(20-12-19(28(31,32)33)7-8-23(20)41)40(26(43)18-5-6-18)13-17-10-21(29(34,35)36)25(16(4)42)22(11-17)30(37,38)39/h7-8,10-12,14-15,18,24H,5-6,9,13H2,1-4H3. The number of carbonyl (C=O) groups excluding carboxylic acids is 3. The number of ketones is 1. The van der Waals surface area contributed by atoms with E-state index >= 15 is 0 Å². The van der Waals surface area contributed by atoms with Crippen molar-refractivity contribution in [3.8, 4) is 0 Å². The van der Waals surface area contributed by atoms with Crippen LogP contribution < -0.4 is 4.90 Å². The molecule has 1 aliphatic heterocycles. The van der Waals surface area contributed by atoms with Crippen molar-refractivity contribution in [1.82, 2.24) is 4.90 Å².